The van der Waals surface area contributed by atoms with Gasteiger partial charge in [0.25, 0.3) is 0 Å². The first kappa shape index (κ1) is 24.0. The van der Waals surface area contributed by atoms with Crippen molar-refractivity contribution >= 4 is 5.57 Å². The zero-order valence-corrected chi connectivity index (χ0v) is 16.6. The van der Waals surface area contributed by atoms with Crippen molar-refractivity contribution in [3.05, 3.63) is 96.0 Å². The van der Waals surface area contributed by atoms with Crippen molar-refractivity contribution in [2.45, 2.75) is 19.1 Å². The van der Waals surface area contributed by atoms with E-state index in [1.54, 1.807) is 30.3 Å². The Morgan fingerprint density at radius 3 is 2.06 bits per heavy atom. The zero-order chi connectivity index (χ0) is 24.1. The number of para-hydroxylation sites is 1. The summed E-state index contributed by atoms with van der Waals surface area (Å²) in [6.45, 7) is -0.347. The molecular formula is C23H15F7O3. The van der Waals surface area contributed by atoms with Gasteiger partial charge in [0, 0.05) is 0 Å². The molecule has 3 aromatic carbocycles. The summed E-state index contributed by atoms with van der Waals surface area (Å²) in [5.41, 5.74) is -1.32. The number of ether oxygens (including phenoxy) is 3. The SMILES string of the molecule is Fc1ccc(CO/C=C(/c2ccc(OC(F)(F)F)cc2)C(F)(F)F)cc1Oc1ccccc1. The molecule has 3 nitrogen and oxygen atoms in total. The highest BCUT2D eigenvalue weighted by Gasteiger charge is 2.36. The molecule has 0 saturated heterocycles. The van der Waals surface area contributed by atoms with Gasteiger partial charge in [-0.05, 0) is 47.5 Å². The molecule has 0 aliphatic heterocycles. The van der Waals surface area contributed by atoms with Gasteiger partial charge < -0.3 is 14.2 Å². The van der Waals surface area contributed by atoms with Gasteiger partial charge in [0.1, 0.15) is 18.1 Å². The molecule has 0 radical (unpaired) electrons. The molecule has 0 atom stereocenters. The second-order valence-corrected chi connectivity index (χ2v) is 6.59. The van der Waals surface area contributed by atoms with Gasteiger partial charge in [-0.3, -0.25) is 0 Å². The van der Waals surface area contributed by atoms with Crippen LogP contribution in [0.15, 0.2) is 79.1 Å². The minimum atomic E-state index is -4.97. The molecule has 0 bridgehead atoms. The minimum Gasteiger partial charge on any atom is -0.496 e. The Morgan fingerprint density at radius 1 is 0.788 bits per heavy atom. The standard InChI is InChI=1S/C23H15F7O3/c24-20-11-6-15(12-21(20)32-17-4-2-1-3-5-17)13-31-14-19(22(25,26)27)16-7-9-18(10-8-16)33-23(28,29)30/h1-12,14H,13H2/b19-14-. The molecular weight excluding hydrogens is 457 g/mol. The van der Waals surface area contributed by atoms with Crippen LogP contribution in [0.3, 0.4) is 0 Å². The molecule has 3 rings (SSSR count). The summed E-state index contributed by atoms with van der Waals surface area (Å²) in [5.74, 6) is -1.10. The third-order valence-electron chi connectivity index (χ3n) is 4.12. The molecule has 0 spiro atoms. The fourth-order valence-corrected chi connectivity index (χ4v) is 2.69. The average Bonchev–Trinajstić information content (AvgIpc) is 2.73. The van der Waals surface area contributed by atoms with Crippen LogP contribution in [0.25, 0.3) is 5.57 Å². The number of hydrogen-bond donors (Lipinski definition) is 0. The lowest BCUT2D eigenvalue weighted by atomic mass is 10.1. The van der Waals surface area contributed by atoms with Crippen LogP contribution in [0.1, 0.15) is 11.1 Å². The van der Waals surface area contributed by atoms with Gasteiger partial charge in [-0.2, -0.15) is 13.2 Å². The van der Waals surface area contributed by atoms with Gasteiger partial charge in [-0.25, -0.2) is 4.39 Å². The van der Waals surface area contributed by atoms with Gasteiger partial charge in [0.05, 0.1) is 11.8 Å². The Bertz CT molecular complexity index is 1090. The maximum Gasteiger partial charge on any atom is 0.573 e. The molecule has 0 heterocycles. The molecule has 0 fully saturated rings. The molecule has 10 heteroatoms. The molecule has 0 unspecified atom stereocenters. The molecule has 33 heavy (non-hydrogen) atoms. The van der Waals surface area contributed by atoms with Crippen molar-refractivity contribution in [1.82, 2.24) is 0 Å². The Hall–Kier alpha value is -3.69. The third-order valence-corrected chi connectivity index (χ3v) is 4.12. The molecule has 174 valence electrons. The average molecular weight is 472 g/mol. The normalized spacial score (nSPS) is 12.4. The predicted molar refractivity (Wildman–Crippen MR) is 105 cm³/mol. The van der Waals surface area contributed by atoms with Gasteiger partial charge in [-0.1, -0.05) is 36.4 Å². The summed E-state index contributed by atoms with van der Waals surface area (Å²) in [7, 11) is 0. The largest absolute Gasteiger partial charge is 0.573 e. The Kier molecular flexibility index (Phi) is 7.15. The first-order valence-corrected chi connectivity index (χ1v) is 9.28. The topological polar surface area (TPSA) is 27.7 Å². The smallest absolute Gasteiger partial charge is 0.496 e. The van der Waals surface area contributed by atoms with Crippen molar-refractivity contribution < 1.29 is 44.9 Å². The highest BCUT2D eigenvalue weighted by molar-refractivity contribution is 5.69. The Morgan fingerprint density at radius 2 is 1.45 bits per heavy atom. The van der Waals surface area contributed by atoms with Crippen LogP contribution in [0.2, 0.25) is 0 Å². The molecule has 0 aliphatic rings. The molecule has 0 saturated carbocycles. The number of allylic oxidation sites excluding steroid dienone is 1. The van der Waals surface area contributed by atoms with E-state index in [0.29, 0.717) is 17.6 Å². The predicted octanol–water partition coefficient (Wildman–Crippen LogP) is 7.64. The lowest BCUT2D eigenvalue weighted by Crippen LogP contribution is -2.17. The van der Waals surface area contributed by atoms with Crippen LogP contribution in [0.5, 0.6) is 17.2 Å². The molecule has 0 amide bonds. The van der Waals surface area contributed by atoms with E-state index in [2.05, 4.69) is 4.74 Å². The maximum atomic E-state index is 14.0. The highest BCUT2D eigenvalue weighted by Crippen LogP contribution is 2.35. The van der Waals surface area contributed by atoms with Crippen LogP contribution in [-0.4, -0.2) is 12.5 Å². The first-order valence-electron chi connectivity index (χ1n) is 9.28. The van der Waals surface area contributed by atoms with E-state index in [1.807, 2.05) is 0 Å². The zero-order valence-electron chi connectivity index (χ0n) is 16.6. The van der Waals surface area contributed by atoms with E-state index in [-0.39, 0.29) is 12.4 Å². The van der Waals surface area contributed by atoms with Crippen molar-refractivity contribution in [3.63, 3.8) is 0 Å². The lowest BCUT2D eigenvalue weighted by Gasteiger charge is -2.14. The van der Waals surface area contributed by atoms with Crippen molar-refractivity contribution in [2.75, 3.05) is 0 Å². The second kappa shape index (κ2) is 9.85. The summed E-state index contributed by atoms with van der Waals surface area (Å²) in [6.07, 6.45) is -9.37. The Labute approximate surface area is 183 Å². The van der Waals surface area contributed by atoms with Crippen molar-refractivity contribution in [3.8, 4) is 17.2 Å². The maximum absolute atomic E-state index is 14.0. The van der Waals surface area contributed by atoms with Crippen molar-refractivity contribution in [2.24, 2.45) is 0 Å². The number of alkyl halides is 6. The molecule has 3 aromatic rings. The van der Waals surface area contributed by atoms with Crippen LogP contribution < -0.4 is 9.47 Å². The number of rotatable bonds is 7. The van der Waals surface area contributed by atoms with Crippen LogP contribution in [0.4, 0.5) is 30.7 Å². The van der Waals surface area contributed by atoms with Crippen LogP contribution >= 0.6 is 0 Å². The second-order valence-electron chi connectivity index (χ2n) is 6.59. The third kappa shape index (κ3) is 7.16. The summed E-state index contributed by atoms with van der Waals surface area (Å²) < 4.78 is 105. The monoisotopic (exact) mass is 472 g/mol. The fourth-order valence-electron chi connectivity index (χ4n) is 2.69. The molecule has 0 aliphatic carbocycles. The van der Waals surface area contributed by atoms with Crippen LogP contribution in [-0.2, 0) is 11.3 Å². The number of halogens is 7. The lowest BCUT2D eigenvalue weighted by molar-refractivity contribution is -0.274. The summed E-state index contributed by atoms with van der Waals surface area (Å²) in [6, 6.07) is 15.2. The molecule has 0 aromatic heterocycles. The van der Waals surface area contributed by atoms with Gasteiger partial charge >= 0.3 is 12.5 Å². The number of hydrogen-bond acceptors (Lipinski definition) is 3. The highest BCUT2D eigenvalue weighted by atomic mass is 19.4. The number of benzene rings is 3. The summed E-state index contributed by atoms with van der Waals surface area (Å²) in [5, 5.41) is 0. The van der Waals surface area contributed by atoms with Gasteiger partial charge in [-0.15, -0.1) is 13.2 Å². The van der Waals surface area contributed by atoms with E-state index >= 15 is 0 Å². The van der Waals surface area contributed by atoms with E-state index in [1.165, 1.54) is 12.1 Å². The summed E-state index contributed by atoms with van der Waals surface area (Å²) in [4.78, 5) is 0. The Balaban J connectivity index is 1.74. The minimum absolute atomic E-state index is 0.137. The van der Waals surface area contributed by atoms with Crippen molar-refractivity contribution in [1.29, 1.82) is 0 Å². The fraction of sp³-hybridized carbons (Fsp3) is 0.130. The van der Waals surface area contributed by atoms with Crippen LogP contribution in [0, 0.1) is 5.82 Å². The van der Waals surface area contributed by atoms with E-state index in [0.717, 1.165) is 30.3 Å². The van der Waals surface area contributed by atoms with Gasteiger partial charge in [0.2, 0.25) is 0 Å². The van der Waals surface area contributed by atoms with E-state index in [4.69, 9.17) is 9.47 Å². The summed E-state index contributed by atoms with van der Waals surface area (Å²) >= 11 is 0. The van der Waals surface area contributed by atoms with E-state index < -0.39 is 35.2 Å². The van der Waals surface area contributed by atoms with Gasteiger partial charge in [0.15, 0.2) is 11.6 Å². The first-order chi connectivity index (χ1) is 15.5. The molecule has 0 N–H and O–H groups in total. The quantitative estimate of drug-likeness (QED) is 0.261. The van der Waals surface area contributed by atoms with E-state index in [9.17, 15) is 30.7 Å².